The number of imide groups is 1. The van der Waals surface area contributed by atoms with Gasteiger partial charge in [-0.05, 0) is 38.1 Å². The van der Waals surface area contributed by atoms with Crippen LogP contribution >= 0.6 is 11.8 Å². The third-order valence-corrected chi connectivity index (χ3v) is 4.81. The van der Waals surface area contributed by atoms with Crippen LogP contribution in [0.2, 0.25) is 0 Å². The minimum absolute atomic E-state index is 0.0985. The molecule has 0 radical (unpaired) electrons. The molecule has 174 valence electrons. The third kappa shape index (κ3) is 7.14. The van der Waals surface area contributed by atoms with Crippen molar-refractivity contribution in [3.63, 3.8) is 0 Å². The van der Waals surface area contributed by atoms with Crippen molar-refractivity contribution < 1.29 is 33.0 Å². The fourth-order valence-electron chi connectivity index (χ4n) is 2.68. The highest BCUT2D eigenvalue weighted by Crippen LogP contribution is 2.30. The van der Waals surface area contributed by atoms with Crippen LogP contribution in [-0.2, 0) is 14.3 Å². The van der Waals surface area contributed by atoms with E-state index < -0.39 is 24.5 Å². The molecule has 0 atom stereocenters. The molecule has 33 heavy (non-hydrogen) atoms. The fraction of sp³-hybridized carbons (Fsp3) is 0.273. The van der Waals surface area contributed by atoms with E-state index in [4.69, 9.17) is 18.6 Å². The van der Waals surface area contributed by atoms with Crippen molar-refractivity contribution in [1.82, 2.24) is 10.3 Å². The molecule has 3 rings (SSSR count). The number of benzene rings is 2. The summed E-state index contributed by atoms with van der Waals surface area (Å²) in [5.41, 5.74) is 1.69. The SMILES string of the molecule is CCOc1ccc(NC(=O)NC(=O)COC(=O)CSc2nc3ccccc3o2)cc1OCC. The molecule has 3 amide bonds. The number of thioether (sulfide) groups is 1. The van der Waals surface area contributed by atoms with Crippen molar-refractivity contribution in [2.45, 2.75) is 19.1 Å². The van der Waals surface area contributed by atoms with Gasteiger partial charge in [-0.1, -0.05) is 23.9 Å². The van der Waals surface area contributed by atoms with E-state index in [2.05, 4.69) is 15.6 Å². The predicted octanol–water partition coefficient (Wildman–Crippen LogP) is 3.61. The predicted molar refractivity (Wildman–Crippen MR) is 122 cm³/mol. The van der Waals surface area contributed by atoms with E-state index in [1.54, 1.807) is 30.3 Å². The number of urea groups is 1. The van der Waals surface area contributed by atoms with Crippen molar-refractivity contribution >= 4 is 46.5 Å². The Balaban J connectivity index is 1.42. The van der Waals surface area contributed by atoms with Crippen LogP contribution in [0.25, 0.3) is 11.1 Å². The summed E-state index contributed by atoms with van der Waals surface area (Å²) >= 11 is 1.05. The molecule has 1 aromatic heterocycles. The van der Waals surface area contributed by atoms with Crippen LogP contribution in [0.4, 0.5) is 10.5 Å². The number of rotatable bonds is 10. The summed E-state index contributed by atoms with van der Waals surface area (Å²) in [6, 6.07) is 11.3. The Hall–Kier alpha value is -3.73. The molecule has 3 aromatic rings. The third-order valence-electron chi connectivity index (χ3n) is 4.01. The average Bonchev–Trinajstić information content (AvgIpc) is 3.21. The normalized spacial score (nSPS) is 10.5. The lowest BCUT2D eigenvalue weighted by molar-refractivity contribution is -0.145. The van der Waals surface area contributed by atoms with Crippen LogP contribution in [0.3, 0.4) is 0 Å². The lowest BCUT2D eigenvalue weighted by atomic mass is 10.2. The van der Waals surface area contributed by atoms with Crippen molar-refractivity contribution in [3.05, 3.63) is 42.5 Å². The van der Waals surface area contributed by atoms with Crippen LogP contribution in [0.5, 0.6) is 11.5 Å². The molecule has 0 aliphatic heterocycles. The topological polar surface area (TPSA) is 129 Å². The van der Waals surface area contributed by atoms with E-state index in [0.717, 1.165) is 11.8 Å². The summed E-state index contributed by atoms with van der Waals surface area (Å²) in [5.74, 6) is -0.509. The molecule has 2 aromatic carbocycles. The zero-order valence-electron chi connectivity index (χ0n) is 18.1. The van der Waals surface area contributed by atoms with Gasteiger partial charge in [0.2, 0.25) is 0 Å². The monoisotopic (exact) mass is 473 g/mol. The molecule has 0 unspecified atom stereocenters. The van der Waals surface area contributed by atoms with Gasteiger partial charge < -0.3 is 23.9 Å². The van der Waals surface area contributed by atoms with Gasteiger partial charge in [0.15, 0.2) is 23.7 Å². The smallest absolute Gasteiger partial charge is 0.325 e. The molecule has 0 spiro atoms. The summed E-state index contributed by atoms with van der Waals surface area (Å²) in [6.45, 7) is 3.96. The molecular formula is C22H23N3O7S. The van der Waals surface area contributed by atoms with Gasteiger partial charge in [-0.25, -0.2) is 9.78 Å². The zero-order valence-corrected chi connectivity index (χ0v) is 18.9. The van der Waals surface area contributed by atoms with E-state index in [0.29, 0.717) is 46.7 Å². The minimum atomic E-state index is -0.775. The quantitative estimate of drug-likeness (QED) is 0.335. The van der Waals surface area contributed by atoms with Crippen LogP contribution in [0, 0.1) is 0 Å². The van der Waals surface area contributed by atoms with Gasteiger partial charge >= 0.3 is 12.0 Å². The Kier molecular flexibility index (Phi) is 8.53. The molecule has 0 saturated heterocycles. The molecule has 10 nitrogen and oxygen atoms in total. The summed E-state index contributed by atoms with van der Waals surface area (Å²) in [6.07, 6.45) is 0. The van der Waals surface area contributed by atoms with Gasteiger partial charge in [-0.2, -0.15) is 0 Å². The van der Waals surface area contributed by atoms with Crippen LogP contribution in [0.1, 0.15) is 13.8 Å². The highest BCUT2D eigenvalue weighted by molar-refractivity contribution is 7.99. The summed E-state index contributed by atoms with van der Waals surface area (Å²) in [5, 5.41) is 4.93. The van der Waals surface area contributed by atoms with E-state index in [1.807, 2.05) is 26.0 Å². The number of amides is 3. The number of esters is 1. The number of nitrogens with zero attached hydrogens (tertiary/aromatic N) is 1. The standard InChI is InChI=1S/C22H23N3O7S/c1-3-29-17-10-9-14(11-18(17)30-4-2)23-21(28)25-19(26)12-31-20(27)13-33-22-24-15-7-5-6-8-16(15)32-22/h5-11H,3-4,12-13H2,1-2H3,(H2,23,25,26,28). The second kappa shape index (κ2) is 11.8. The number of carbonyl (C=O) groups excluding carboxylic acids is 3. The Labute approximate surface area is 194 Å². The average molecular weight is 474 g/mol. The second-order valence-corrected chi connectivity index (χ2v) is 7.35. The maximum atomic E-state index is 12.1. The van der Waals surface area contributed by atoms with E-state index in [-0.39, 0.29) is 5.75 Å². The van der Waals surface area contributed by atoms with Crippen LogP contribution in [0.15, 0.2) is 52.1 Å². The molecule has 2 N–H and O–H groups in total. The van der Waals surface area contributed by atoms with Crippen molar-refractivity contribution in [3.8, 4) is 11.5 Å². The zero-order chi connectivity index (χ0) is 23.6. The fourth-order valence-corrected chi connectivity index (χ4v) is 3.31. The molecule has 0 fully saturated rings. The molecule has 11 heteroatoms. The lowest BCUT2D eigenvalue weighted by Gasteiger charge is -2.13. The second-order valence-electron chi connectivity index (χ2n) is 6.43. The number of hydrogen-bond donors (Lipinski definition) is 2. The van der Waals surface area contributed by atoms with Gasteiger partial charge in [0.25, 0.3) is 11.1 Å². The lowest BCUT2D eigenvalue weighted by Crippen LogP contribution is -2.37. The van der Waals surface area contributed by atoms with Crippen molar-refractivity contribution in [2.24, 2.45) is 0 Å². The van der Waals surface area contributed by atoms with Crippen molar-refractivity contribution in [1.29, 1.82) is 0 Å². The summed E-state index contributed by atoms with van der Waals surface area (Å²) < 4.78 is 21.3. The minimum Gasteiger partial charge on any atom is -0.490 e. The molecule has 1 heterocycles. The number of fused-ring (bicyclic) bond motifs is 1. The molecule has 0 aliphatic carbocycles. The summed E-state index contributed by atoms with van der Waals surface area (Å²) in [7, 11) is 0. The first-order chi connectivity index (χ1) is 16.0. The van der Waals surface area contributed by atoms with Crippen LogP contribution < -0.4 is 20.1 Å². The van der Waals surface area contributed by atoms with Gasteiger partial charge in [0.05, 0.1) is 13.2 Å². The van der Waals surface area contributed by atoms with Gasteiger partial charge in [0, 0.05) is 11.8 Å². The first kappa shape index (κ1) is 23.9. The number of aromatic nitrogens is 1. The largest absolute Gasteiger partial charge is 0.490 e. The first-order valence-electron chi connectivity index (χ1n) is 10.1. The number of anilines is 1. The number of carbonyl (C=O) groups is 3. The van der Waals surface area contributed by atoms with Crippen LogP contribution in [-0.4, -0.2) is 48.5 Å². The Morgan fingerprint density at radius 1 is 1.03 bits per heavy atom. The van der Waals surface area contributed by atoms with E-state index >= 15 is 0 Å². The maximum absolute atomic E-state index is 12.1. The number of ether oxygens (including phenoxy) is 3. The molecule has 0 saturated carbocycles. The molecular weight excluding hydrogens is 450 g/mol. The van der Waals surface area contributed by atoms with E-state index in [9.17, 15) is 14.4 Å². The summed E-state index contributed by atoms with van der Waals surface area (Å²) in [4.78, 5) is 40.1. The Bertz CT molecular complexity index is 1100. The number of para-hydroxylation sites is 2. The number of nitrogens with one attached hydrogen (secondary N) is 2. The molecule has 0 aliphatic rings. The van der Waals surface area contributed by atoms with Gasteiger partial charge in [0.1, 0.15) is 11.3 Å². The Morgan fingerprint density at radius 2 is 1.79 bits per heavy atom. The first-order valence-corrected chi connectivity index (χ1v) is 11.1. The highest BCUT2D eigenvalue weighted by Gasteiger charge is 2.14. The van der Waals surface area contributed by atoms with Gasteiger partial charge in [-0.3, -0.25) is 14.9 Å². The molecule has 0 bridgehead atoms. The highest BCUT2D eigenvalue weighted by atomic mass is 32.2. The maximum Gasteiger partial charge on any atom is 0.325 e. The van der Waals surface area contributed by atoms with E-state index in [1.165, 1.54) is 0 Å². The van der Waals surface area contributed by atoms with Gasteiger partial charge in [-0.15, -0.1) is 0 Å². The van der Waals surface area contributed by atoms with Crippen molar-refractivity contribution in [2.75, 3.05) is 30.9 Å². The number of hydrogen-bond acceptors (Lipinski definition) is 9. The number of oxazole rings is 1. The Morgan fingerprint density at radius 3 is 2.55 bits per heavy atom.